The highest BCUT2D eigenvalue weighted by atomic mass is 32.2. The average Bonchev–Trinajstić information content (AvgIpc) is 2.70. The Kier molecular flexibility index (Phi) is 1.24. The molecule has 0 aromatic rings. The van der Waals surface area contributed by atoms with Gasteiger partial charge < -0.3 is 9.47 Å². The lowest BCUT2D eigenvalue weighted by atomic mass is 9.84. The summed E-state index contributed by atoms with van der Waals surface area (Å²) >= 11 is 4.16. The first-order valence-corrected chi connectivity index (χ1v) is 7.64. The Morgan fingerprint density at radius 3 is 2.93 bits per heavy atom. The van der Waals surface area contributed by atoms with E-state index in [1.54, 1.807) is 0 Å². The van der Waals surface area contributed by atoms with Crippen LogP contribution in [0.2, 0.25) is 0 Å². The minimum atomic E-state index is -0.255. The van der Waals surface area contributed by atoms with Crippen LogP contribution in [0.1, 0.15) is 20.3 Å². The molecule has 0 aromatic carbocycles. The largest absolute Gasteiger partial charge is 0.336 e. The second-order valence-corrected chi connectivity index (χ2v) is 8.95. The van der Waals surface area contributed by atoms with Crippen LogP contribution in [0.4, 0.5) is 0 Å². The maximum Gasteiger partial charge on any atom is 0.172 e. The molecule has 82 valence electrons. The molecule has 0 unspecified atom stereocenters. The molecule has 4 heterocycles. The van der Waals surface area contributed by atoms with Crippen molar-refractivity contribution in [3.05, 3.63) is 0 Å². The zero-order valence-electron chi connectivity index (χ0n) is 8.80. The second-order valence-electron chi connectivity index (χ2n) is 5.86. The van der Waals surface area contributed by atoms with Gasteiger partial charge >= 0.3 is 0 Å². The molecular weight excluding hydrogens is 228 g/mol. The van der Waals surface area contributed by atoms with Gasteiger partial charge in [0.25, 0.3) is 0 Å². The number of thioether (sulfide) groups is 2. The lowest BCUT2D eigenvalue weighted by Crippen LogP contribution is -2.34. The van der Waals surface area contributed by atoms with Crippen LogP contribution in [0.3, 0.4) is 0 Å². The van der Waals surface area contributed by atoms with E-state index >= 15 is 0 Å². The molecule has 0 N–H and O–H groups in total. The topological polar surface area (TPSA) is 18.5 Å². The van der Waals surface area contributed by atoms with Gasteiger partial charge in [-0.15, -0.1) is 23.5 Å². The van der Waals surface area contributed by atoms with Crippen LogP contribution in [-0.4, -0.2) is 20.7 Å². The van der Waals surface area contributed by atoms with Crippen molar-refractivity contribution in [2.24, 2.45) is 23.7 Å². The summed E-state index contributed by atoms with van der Waals surface area (Å²) in [6.45, 7) is 4.48. The summed E-state index contributed by atoms with van der Waals surface area (Å²) in [6, 6.07) is 0. The van der Waals surface area contributed by atoms with Crippen molar-refractivity contribution >= 4 is 23.5 Å². The van der Waals surface area contributed by atoms with Crippen LogP contribution in [0.15, 0.2) is 0 Å². The van der Waals surface area contributed by atoms with Crippen molar-refractivity contribution in [2.45, 2.75) is 41.0 Å². The van der Waals surface area contributed by atoms with Crippen molar-refractivity contribution < 1.29 is 9.47 Å². The first kappa shape index (κ1) is 8.67. The summed E-state index contributed by atoms with van der Waals surface area (Å²) in [5.41, 5.74) is 0.434. The van der Waals surface area contributed by atoms with E-state index in [2.05, 4.69) is 37.4 Å². The lowest BCUT2D eigenvalue weighted by molar-refractivity contribution is -0.211. The summed E-state index contributed by atoms with van der Waals surface area (Å²) in [7, 11) is 0. The molecule has 0 spiro atoms. The van der Waals surface area contributed by atoms with Gasteiger partial charge in [-0.25, -0.2) is 0 Å². The zero-order valence-corrected chi connectivity index (χ0v) is 10.4. The molecule has 1 saturated carbocycles. The van der Waals surface area contributed by atoms with E-state index < -0.39 is 0 Å². The molecule has 5 fully saturated rings. The predicted octanol–water partition coefficient (Wildman–Crippen LogP) is 2.49. The van der Waals surface area contributed by atoms with Crippen LogP contribution in [0, 0.1) is 23.7 Å². The van der Waals surface area contributed by atoms with Crippen molar-refractivity contribution in [3.63, 3.8) is 0 Å². The average molecular weight is 242 g/mol. The summed E-state index contributed by atoms with van der Waals surface area (Å²) < 4.78 is 13.2. The molecule has 0 amide bonds. The number of hydrogen-bond acceptors (Lipinski definition) is 4. The van der Waals surface area contributed by atoms with Gasteiger partial charge in [0.15, 0.2) is 5.79 Å². The van der Waals surface area contributed by atoms with Gasteiger partial charge in [-0.3, -0.25) is 0 Å². The summed E-state index contributed by atoms with van der Waals surface area (Å²) in [5.74, 6) is 2.89. The van der Waals surface area contributed by atoms with Gasteiger partial charge in [-0.2, -0.15) is 0 Å². The van der Waals surface area contributed by atoms with Crippen molar-refractivity contribution in [2.75, 3.05) is 0 Å². The summed E-state index contributed by atoms with van der Waals surface area (Å²) in [6.07, 6.45) is 1.40. The maximum atomic E-state index is 6.31. The predicted molar refractivity (Wildman–Crippen MR) is 60.3 cm³/mol. The van der Waals surface area contributed by atoms with Gasteiger partial charge in [0.05, 0.1) is 4.58 Å². The van der Waals surface area contributed by atoms with E-state index in [0.717, 1.165) is 22.3 Å². The number of rotatable bonds is 0. The third-order valence-electron chi connectivity index (χ3n) is 5.14. The Bertz CT molecular complexity index is 344. The van der Waals surface area contributed by atoms with E-state index in [9.17, 15) is 0 Å². The highest BCUT2D eigenvalue weighted by molar-refractivity contribution is 8.18. The molecule has 4 saturated heterocycles. The van der Waals surface area contributed by atoms with E-state index in [1.807, 2.05) is 0 Å². The number of hydrogen-bond donors (Lipinski definition) is 0. The molecule has 2 nitrogen and oxygen atoms in total. The fourth-order valence-corrected chi connectivity index (χ4v) is 9.11. The van der Waals surface area contributed by atoms with Crippen LogP contribution in [0.5, 0.6) is 0 Å². The minimum absolute atomic E-state index is 0.0574. The standard InChI is InChI=1S/C11H14O2S2/c1-10-6-4-3-5-7(6)11(2,13-10)15-9(5)14-8(4)12-10/h4-9H,3H2,1-2H3/t4-,5+,6+,7+,8-,9-,10+,11+/m0/s1. The Morgan fingerprint density at radius 2 is 2.07 bits per heavy atom. The molecule has 4 heteroatoms. The fourth-order valence-electron chi connectivity index (χ4n) is 4.90. The first-order chi connectivity index (χ1) is 7.11. The Morgan fingerprint density at radius 1 is 1.20 bits per heavy atom. The van der Waals surface area contributed by atoms with Crippen LogP contribution in [-0.2, 0) is 9.47 Å². The highest BCUT2D eigenvalue weighted by Gasteiger charge is 2.79. The van der Waals surface area contributed by atoms with Gasteiger partial charge in [0.1, 0.15) is 10.4 Å². The first-order valence-electron chi connectivity index (χ1n) is 5.82. The molecule has 0 aromatic heterocycles. The Labute approximate surface area is 97.8 Å². The van der Waals surface area contributed by atoms with Gasteiger partial charge in [0.2, 0.25) is 0 Å². The quantitative estimate of drug-likeness (QED) is 0.649. The molecule has 5 rings (SSSR count). The third kappa shape index (κ3) is 0.726. The van der Waals surface area contributed by atoms with E-state index in [-0.39, 0.29) is 10.7 Å². The Hall–Kier alpha value is 0.620. The summed E-state index contributed by atoms with van der Waals surface area (Å²) in [5, 5.41) is 0. The fraction of sp³-hybridized carbons (Fsp3) is 1.00. The van der Waals surface area contributed by atoms with E-state index in [4.69, 9.17) is 9.47 Å². The molecule has 0 radical (unpaired) electrons. The van der Waals surface area contributed by atoms with Crippen molar-refractivity contribution in [3.8, 4) is 0 Å². The molecule has 15 heavy (non-hydrogen) atoms. The molecular formula is C11H14O2S2. The molecule has 4 aliphatic heterocycles. The van der Waals surface area contributed by atoms with Gasteiger partial charge in [-0.05, 0) is 26.2 Å². The third-order valence-corrected chi connectivity index (χ3v) is 8.50. The van der Waals surface area contributed by atoms with Crippen molar-refractivity contribution in [1.82, 2.24) is 0 Å². The zero-order chi connectivity index (χ0) is 10.00. The maximum absolute atomic E-state index is 6.31. The van der Waals surface area contributed by atoms with Gasteiger partial charge in [0, 0.05) is 17.8 Å². The van der Waals surface area contributed by atoms with E-state index in [1.165, 1.54) is 6.42 Å². The van der Waals surface area contributed by atoms with Crippen LogP contribution >= 0.6 is 23.5 Å². The number of ether oxygens (including phenoxy) is 2. The monoisotopic (exact) mass is 242 g/mol. The Balaban J connectivity index is 1.80. The minimum Gasteiger partial charge on any atom is -0.336 e. The van der Waals surface area contributed by atoms with Crippen LogP contribution in [0.25, 0.3) is 0 Å². The SMILES string of the molecule is C[C@@]12O[C@H]3S[C@H]4S[C@@](C)(O1)[C@@H]1[C@H]4C[C@H]3[C@H]12. The molecule has 8 atom stereocenters. The summed E-state index contributed by atoms with van der Waals surface area (Å²) in [4.78, 5) is 0.0574. The second kappa shape index (κ2) is 2.14. The van der Waals surface area contributed by atoms with Gasteiger partial charge in [-0.1, -0.05) is 0 Å². The molecule has 5 aliphatic rings. The van der Waals surface area contributed by atoms with Crippen molar-refractivity contribution in [1.29, 1.82) is 0 Å². The van der Waals surface area contributed by atoms with E-state index in [0.29, 0.717) is 11.4 Å². The molecule has 1 aliphatic carbocycles. The lowest BCUT2D eigenvalue weighted by Gasteiger charge is -2.35. The molecule has 2 bridgehead atoms. The van der Waals surface area contributed by atoms with Crippen LogP contribution < -0.4 is 0 Å². The highest BCUT2D eigenvalue weighted by Crippen LogP contribution is 2.78. The smallest absolute Gasteiger partial charge is 0.172 e. The normalized spacial score (nSPS) is 77.2.